The number of aromatic nitrogens is 2. The van der Waals surface area contributed by atoms with Gasteiger partial charge in [0.15, 0.2) is 0 Å². The number of aryl methyl sites for hydroxylation is 1. The van der Waals surface area contributed by atoms with Crippen molar-refractivity contribution in [2.75, 3.05) is 18.0 Å². The summed E-state index contributed by atoms with van der Waals surface area (Å²) in [5.74, 6) is -0.0185. The minimum Gasteiger partial charge on any atom is -0.518 e. The van der Waals surface area contributed by atoms with E-state index >= 15 is 0 Å². The Balaban J connectivity index is 1.76. The Morgan fingerprint density at radius 2 is 1.85 bits per heavy atom. The third-order valence-corrected chi connectivity index (χ3v) is 6.57. The number of phenols is 1. The van der Waals surface area contributed by atoms with E-state index in [-0.39, 0.29) is 17.5 Å². The molecule has 6 nitrogen and oxygen atoms in total. The van der Waals surface area contributed by atoms with Crippen LogP contribution in [-0.2, 0) is 0 Å². The third-order valence-electron chi connectivity index (χ3n) is 6.35. The summed E-state index contributed by atoms with van der Waals surface area (Å²) >= 11 is 6.40. The third kappa shape index (κ3) is 4.05. The number of rotatable bonds is 3. The molecule has 0 bridgehead atoms. The number of benzene rings is 3. The van der Waals surface area contributed by atoms with Crippen molar-refractivity contribution in [1.29, 1.82) is 0 Å². The molecule has 5 rings (SSSR count). The molecule has 0 atom stereocenters. The smallest absolute Gasteiger partial charge is 0.228 e. The summed E-state index contributed by atoms with van der Waals surface area (Å²) < 4.78 is 0. The van der Waals surface area contributed by atoms with Gasteiger partial charge in [-0.05, 0) is 61.2 Å². The van der Waals surface area contributed by atoms with Crippen LogP contribution in [0.2, 0.25) is 5.02 Å². The maximum Gasteiger partial charge on any atom is 0.228 e. The monoisotopic (exact) mass is 469 g/mol. The normalized spacial score (nSPS) is 14.4. The van der Waals surface area contributed by atoms with Gasteiger partial charge >= 0.3 is 0 Å². The summed E-state index contributed by atoms with van der Waals surface area (Å²) in [5.41, 5.74) is 12.3. The molecule has 7 heteroatoms. The molecule has 0 amide bonds. The number of hydrogen-bond donors (Lipinski definition) is 2. The van der Waals surface area contributed by atoms with Crippen LogP contribution in [0.4, 0.5) is 11.4 Å². The van der Waals surface area contributed by atoms with E-state index < -0.39 is 0 Å². The van der Waals surface area contributed by atoms with Crippen molar-refractivity contribution in [1.82, 2.24) is 10.2 Å². The highest BCUT2D eigenvalue weighted by atomic mass is 35.5. The van der Waals surface area contributed by atoms with E-state index in [0.717, 1.165) is 64.9 Å². The molecule has 2 heterocycles. The van der Waals surface area contributed by atoms with Crippen LogP contribution in [0.5, 0.6) is 5.75 Å². The molecule has 0 spiro atoms. The van der Waals surface area contributed by atoms with E-state index in [1.807, 2.05) is 43.3 Å². The maximum absolute atomic E-state index is 10.7. The van der Waals surface area contributed by atoms with Crippen LogP contribution in [0.3, 0.4) is 0 Å². The van der Waals surface area contributed by atoms with E-state index in [1.165, 1.54) is 0 Å². The van der Waals surface area contributed by atoms with Gasteiger partial charge in [-0.25, -0.2) is 4.85 Å². The Bertz CT molecular complexity index is 1420. The lowest BCUT2D eigenvalue weighted by molar-refractivity contribution is 0.480. The first-order chi connectivity index (χ1) is 16.4. The van der Waals surface area contributed by atoms with Gasteiger partial charge in [-0.1, -0.05) is 35.9 Å². The van der Waals surface area contributed by atoms with Gasteiger partial charge in [0.2, 0.25) is 5.69 Å². The molecule has 1 aliphatic heterocycles. The van der Waals surface area contributed by atoms with Crippen molar-refractivity contribution in [3.8, 4) is 28.1 Å². The fourth-order valence-corrected chi connectivity index (χ4v) is 4.91. The van der Waals surface area contributed by atoms with E-state index in [0.29, 0.717) is 10.6 Å². The first-order valence-electron chi connectivity index (χ1n) is 11.2. The first-order valence-corrected chi connectivity index (χ1v) is 11.6. The van der Waals surface area contributed by atoms with E-state index in [2.05, 4.69) is 26.0 Å². The zero-order valence-electron chi connectivity index (χ0n) is 18.8. The number of aromatic hydroxyl groups is 1. The summed E-state index contributed by atoms with van der Waals surface area (Å²) in [6.07, 6.45) is 1.79. The molecule has 34 heavy (non-hydrogen) atoms. The highest BCUT2D eigenvalue weighted by Crippen LogP contribution is 2.41. The fourth-order valence-electron chi connectivity index (χ4n) is 4.62. The van der Waals surface area contributed by atoms with Crippen molar-refractivity contribution < 1.29 is 5.11 Å². The van der Waals surface area contributed by atoms with Crippen molar-refractivity contribution in [2.24, 2.45) is 5.73 Å². The van der Waals surface area contributed by atoms with E-state index in [1.54, 1.807) is 12.1 Å². The molecular weight excluding hydrogens is 446 g/mol. The Morgan fingerprint density at radius 1 is 1.06 bits per heavy atom. The van der Waals surface area contributed by atoms with Crippen molar-refractivity contribution in [2.45, 2.75) is 25.8 Å². The van der Waals surface area contributed by atoms with Crippen LogP contribution in [-0.4, -0.2) is 34.4 Å². The highest BCUT2D eigenvalue weighted by Gasteiger charge is 2.24. The minimum absolute atomic E-state index is 0.0185. The van der Waals surface area contributed by atoms with Gasteiger partial charge in [0.05, 0.1) is 17.8 Å². The molecule has 1 aromatic heterocycles. The molecule has 1 saturated heterocycles. The van der Waals surface area contributed by atoms with Crippen LogP contribution < -0.4 is 10.6 Å². The molecule has 0 aliphatic carbocycles. The number of anilines is 1. The molecule has 0 radical (unpaired) electrons. The summed E-state index contributed by atoms with van der Waals surface area (Å²) in [6, 6.07) is 17.1. The Hall–Kier alpha value is -3.66. The SMILES string of the molecule is [C-]#[N+]c1cccc(-c2ccc3nnc(-c4cc(C)cc(Cl)c4)c(N4CCC(N)CC4)c3c2)c1O. The largest absolute Gasteiger partial charge is 0.518 e. The second-order valence-corrected chi connectivity index (χ2v) is 9.19. The van der Waals surface area contributed by atoms with Gasteiger partial charge in [-0.2, -0.15) is 0 Å². The lowest BCUT2D eigenvalue weighted by Crippen LogP contribution is -2.40. The quantitative estimate of drug-likeness (QED) is 0.354. The van der Waals surface area contributed by atoms with Gasteiger partial charge < -0.3 is 15.7 Å². The van der Waals surface area contributed by atoms with Crippen LogP contribution in [0.25, 0.3) is 38.1 Å². The number of para-hydroxylation sites is 1. The van der Waals surface area contributed by atoms with Crippen molar-refractivity contribution in [3.63, 3.8) is 0 Å². The first kappa shape index (κ1) is 22.1. The zero-order valence-corrected chi connectivity index (χ0v) is 19.5. The lowest BCUT2D eigenvalue weighted by Gasteiger charge is -2.33. The predicted molar refractivity (Wildman–Crippen MR) is 138 cm³/mol. The lowest BCUT2D eigenvalue weighted by atomic mass is 9.97. The number of nitrogens with zero attached hydrogens (tertiary/aromatic N) is 4. The number of phenolic OH excluding ortho intramolecular Hbond substituents is 1. The molecule has 1 fully saturated rings. The number of halogens is 1. The Morgan fingerprint density at radius 3 is 2.59 bits per heavy atom. The molecule has 3 aromatic carbocycles. The molecule has 3 N–H and O–H groups in total. The fraction of sp³-hybridized carbons (Fsp3) is 0.222. The molecular formula is C27H24ClN5O. The van der Waals surface area contributed by atoms with Gasteiger partial charge in [0, 0.05) is 40.7 Å². The molecule has 4 aromatic rings. The Labute approximate surface area is 203 Å². The standard InChI is InChI=1S/C27H24ClN5O/c1-16-12-18(14-19(28)13-16)25-26(33-10-8-20(29)9-11-33)22-15-17(6-7-23(22)31-32-25)21-4-3-5-24(30-2)27(21)34/h3-7,12-15,20,34H,8-11,29H2,1H3. The van der Waals surface area contributed by atoms with Crippen molar-refractivity contribution >= 4 is 33.9 Å². The topological polar surface area (TPSA) is 79.6 Å². The summed E-state index contributed by atoms with van der Waals surface area (Å²) in [6.45, 7) is 11.0. The molecule has 1 aliphatic rings. The summed E-state index contributed by atoms with van der Waals surface area (Å²) in [7, 11) is 0. The second kappa shape index (κ2) is 8.94. The number of piperidine rings is 1. The number of fused-ring (bicyclic) bond motifs is 1. The Kier molecular flexibility index (Phi) is 5.82. The van der Waals surface area contributed by atoms with Gasteiger partial charge in [-0.15, -0.1) is 10.2 Å². The van der Waals surface area contributed by atoms with Crippen LogP contribution >= 0.6 is 11.6 Å². The minimum atomic E-state index is -0.0185. The van der Waals surface area contributed by atoms with Crippen LogP contribution in [0, 0.1) is 13.5 Å². The molecule has 0 unspecified atom stereocenters. The maximum atomic E-state index is 10.7. The van der Waals surface area contributed by atoms with Crippen molar-refractivity contribution in [3.05, 3.63) is 76.6 Å². The number of nitrogens with two attached hydrogens (primary N) is 1. The van der Waals surface area contributed by atoms with E-state index in [4.69, 9.17) is 23.9 Å². The average molecular weight is 470 g/mol. The van der Waals surface area contributed by atoms with E-state index in [9.17, 15) is 5.11 Å². The summed E-state index contributed by atoms with van der Waals surface area (Å²) in [4.78, 5) is 5.76. The van der Waals surface area contributed by atoms with Gasteiger partial charge in [-0.3, -0.25) is 0 Å². The summed E-state index contributed by atoms with van der Waals surface area (Å²) in [5, 5.41) is 21.4. The van der Waals surface area contributed by atoms with Gasteiger partial charge in [0.1, 0.15) is 11.4 Å². The van der Waals surface area contributed by atoms with Gasteiger partial charge in [0.25, 0.3) is 0 Å². The zero-order chi connectivity index (χ0) is 23.8. The highest BCUT2D eigenvalue weighted by molar-refractivity contribution is 6.31. The van der Waals surface area contributed by atoms with Crippen LogP contribution in [0.1, 0.15) is 18.4 Å². The average Bonchev–Trinajstić information content (AvgIpc) is 2.83. The predicted octanol–water partition coefficient (Wildman–Crippen LogP) is 6.11. The molecule has 0 saturated carbocycles. The molecule has 170 valence electrons. The number of hydrogen-bond acceptors (Lipinski definition) is 5. The second-order valence-electron chi connectivity index (χ2n) is 8.76. The van der Waals surface area contributed by atoms with Crippen LogP contribution in [0.15, 0.2) is 54.6 Å².